The quantitative estimate of drug-likeness (QED) is 0.921. The number of aryl methyl sites for hydroxylation is 2. The Morgan fingerprint density at radius 1 is 1.25 bits per heavy atom. The lowest BCUT2D eigenvalue weighted by Crippen LogP contribution is -2.35. The number of imidazole rings is 1. The Morgan fingerprint density at radius 3 is 2.70 bits per heavy atom. The fraction of sp³-hybridized carbons (Fsp3) is 0.600. The Labute approximate surface area is 119 Å². The zero-order valence-electron chi connectivity index (χ0n) is 12.3. The third-order valence-electron chi connectivity index (χ3n) is 4.24. The van der Waals surface area contributed by atoms with Crippen LogP contribution in [-0.4, -0.2) is 38.9 Å². The van der Waals surface area contributed by atoms with Crippen LogP contribution in [-0.2, 0) is 6.54 Å². The molecule has 0 atom stereocenters. The smallest absolute Gasteiger partial charge is 0.234 e. The van der Waals surface area contributed by atoms with Crippen molar-refractivity contribution in [2.45, 2.75) is 33.2 Å². The molecule has 0 bridgehead atoms. The molecule has 2 aromatic rings. The molecular weight excluding hydrogens is 250 g/mol. The fourth-order valence-corrected chi connectivity index (χ4v) is 3.00. The van der Waals surface area contributed by atoms with Crippen molar-refractivity contribution in [3.8, 4) is 0 Å². The van der Waals surface area contributed by atoms with Crippen LogP contribution in [0.1, 0.15) is 29.9 Å². The second-order valence-electron chi connectivity index (χ2n) is 5.90. The van der Waals surface area contributed by atoms with Crippen molar-refractivity contribution in [2.24, 2.45) is 11.7 Å². The minimum Gasteiger partial charge on any atom is -0.330 e. The van der Waals surface area contributed by atoms with E-state index in [-0.39, 0.29) is 0 Å². The van der Waals surface area contributed by atoms with Gasteiger partial charge in [-0.3, -0.25) is 9.30 Å². The van der Waals surface area contributed by atoms with Crippen LogP contribution in [0, 0.1) is 19.8 Å². The van der Waals surface area contributed by atoms with Gasteiger partial charge in [0, 0.05) is 24.1 Å². The molecule has 0 amide bonds. The number of aromatic nitrogens is 3. The Kier molecular flexibility index (Phi) is 3.72. The molecule has 1 saturated heterocycles. The molecule has 2 aromatic heterocycles. The SMILES string of the molecule is Cc1cc(C)n2cc(CN3CCC(CN)CC3)nc2n1. The van der Waals surface area contributed by atoms with Crippen molar-refractivity contribution >= 4 is 5.78 Å². The van der Waals surface area contributed by atoms with Gasteiger partial charge < -0.3 is 5.73 Å². The average Bonchev–Trinajstić information content (AvgIpc) is 2.82. The molecule has 0 unspecified atom stereocenters. The molecular formula is C15H23N5. The number of piperidine rings is 1. The fourth-order valence-electron chi connectivity index (χ4n) is 3.00. The molecule has 0 saturated carbocycles. The van der Waals surface area contributed by atoms with Gasteiger partial charge in [-0.1, -0.05) is 0 Å². The summed E-state index contributed by atoms with van der Waals surface area (Å²) < 4.78 is 2.08. The first kappa shape index (κ1) is 13.5. The highest BCUT2D eigenvalue weighted by atomic mass is 15.2. The second kappa shape index (κ2) is 5.50. The Hall–Kier alpha value is -1.46. The van der Waals surface area contributed by atoms with Gasteiger partial charge in [0.05, 0.1) is 5.69 Å². The lowest BCUT2D eigenvalue weighted by molar-refractivity contribution is 0.179. The van der Waals surface area contributed by atoms with E-state index in [1.807, 2.05) is 6.92 Å². The molecule has 0 aromatic carbocycles. The standard InChI is InChI=1S/C15H23N5/c1-11-7-12(2)20-10-14(18-15(20)17-11)9-19-5-3-13(8-16)4-6-19/h7,10,13H,3-6,8-9,16H2,1-2H3. The highest BCUT2D eigenvalue weighted by Gasteiger charge is 2.19. The van der Waals surface area contributed by atoms with Crippen LogP contribution < -0.4 is 5.73 Å². The minimum absolute atomic E-state index is 0.707. The summed E-state index contributed by atoms with van der Waals surface area (Å²) in [5.41, 5.74) is 9.06. The number of likely N-dealkylation sites (tertiary alicyclic amines) is 1. The van der Waals surface area contributed by atoms with Crippen LogP contribution in [0.15, 0.2) is 12.3 Å². The van der Waals surface area contributed by atoms with Gasteiger partial charge in [-0.15, -0.1) is 0 Å². The Morgan fingerprint density at radius 2 is 2.00 bits per heavy atom. The molecule has 1 fully saturated rings. The summed E-state index contributed by atoms with van der Waals surface area (Å²) in [6.45, 7) is 8.10. The van der Waals surface area contributed by atoms with Crippen molar-refractivity contribution in [3.63, 3.8) is 0 Å². The van der Waals surface area contributed by atoms with Crippen molar-refractivity contribution in [3.05, 3.63) is 29.3 Å². The van der Waals surface area contributed by atoms with E-state index in [1.165, 1.54) is 18.5 Å². The summed E-state index contributed by atoms with van der Waals surface area (Å²) in [5, 5.41) is 0. The van der Waals surface area contributed by atoms with Crippen molar-refractivity contribution in [1.82, 2.24) is 19.3 Å². The molecule has 20 heavy (non-hydrogen) atoms. The summed E-state index contributed by atoms with van der Waals surface area (Å²) >= 11 is 0. The lowest BCUT2D eigenvalue weighted by Gasteiger charge is -2.30. The number of hydrogen-bond acceptors (Lipinski definition) is 4. The first-order valence-electron chi connectivity index (χ1n) is 7.40. The van der Waals surface area contributed by atoms with Crippen LogP contribution in [0.4, 0.5) is 0 Å². The number of nitrogens with zero attached hydrogens (tertiary/aromatic N) is 4. The Bertz CT molecular complexity index is 596. The highest BCUT2D eigenvalue weighted by molar-refractivity contribution is 5.34. The summed E-state index contributed by atoms with van der Waals surface area (Å²) in [7, 11) is 0. The largest absolute Gasteiger partial charge is 0.330 e. The molecule has 0 radical (unpaired) electrons. The molecule has 0 aliphatic carbocycles. The van der Waals surface area contributed by atoms with Gasteiger partial charge in [-0.2, -0.15) is 0 Å². The maximum absolute atomic E-state index is 5.74. The van der Waals surface area contributed by atoms with E-state index >= 15 is 0 Å². The first-order chi connectivity index (χ1) is 9.65. The van der Waals surface area contributed by atoms with Crippen molar-refractivity contribution < 1.29 is 0 Å². The van der Waals surface area contributed by atoms with Gasteiger partial charge in [0.25, 0.3) is 0 Å². The van der Waals surface area contributed by atoms with Gasteiger partial charge in [0.2, 0.25) is 5.78 Å². The molecule has 2 N–H and O–H groups in total. The van der Waals surface area contributed by atoms with Gasteiger partial charge in [-0.05, 0) is 58.3 Å². The predicted octanol–water partition coefficient (Wildman–Crippen LogP) is 1.52. The first-order valence-corrected chi connectivity index (χ1v) is 7.40. The number of nitrogens with two attached hydrogens (primary N) is 1. The topological polar surface area (TPSA) is 59.5 Å². The van der Waals surface area contributed by atoms with Gasteiger partial charge in [0.1, 0.15) is 0 Å². The molecule has 1 aliphatic rings. The lowest BCUT2D eigenvalue weighted by atomic mass is 9.97. The van der Waals surface area contributed by atoms with Gasteiger partial charge in [0.15, 0.2) is 0 Å². The van der Waals surface area contributed by atoms with Crippen LogP contribution in [0.25, 0.3) is 5.78 Å². The summed E-state index contributed by atoms with van der Waals surface area (Å²) in [4.78, 5) is 11.6. The van der Waals surface area contributed by atoms with Crippen molar-refractivity contribution in [1.29, 1.82) is 0 Å². The predicted molar refractivity (Wildman–Crippen MR) is 79.5 cm³/mol. The maximum atomic E-state index is 5.74. The monoisotopic (exact) mass is 273 g/mol. The molecule has 3 heterocycles. The van der Waals surface area contributed by atoms with E-state index in [2.05, 4.69) is 38.5 Å². The highest BCUT2D eigenvalue weighted by Crippen LogP contribution is 2.18. The number of rotatable bonds is 3. The van der Waals surface area contributed by atoms with Crippen LogP contribution in [0.3, 0.4) is 0 Å². The van der Waals surface area contributed by atoms with E-state index < -0.39 is 0 Å². The molecule has 5 nitrogen and oxygen atoms in total. The maximum Gasteiger partial charge on any atom is 0.234 e. The molecule has 5 heteroatoms. The van der Waals surface area contributed by atoms with E-state index in [0.29, 0.717) is 5.92 Å². The zero-order chi connectivity index (χ0) is 14.1. The zero-order valence-corrected chi connectivity index (χ0v) is 12.3. The van der Waals surface area contributed by atoms with Crippen LogP contribution in [0.5, 0.6) is 0 Å². The second-order valence-corrected chi connectivity index (χ2v) is 5.90. The third-order valence-corrected chi connectivity index (χ3v) is 4.24. The van der Waals surface area contributed by atoms with Crippen LogP contribution in [0.2, 0.25) is 0 Å². The van der Waals surface area contributed by atoms with E-state index in [9.17, 15) is 0 Å². The number of fused-ring (bicyclic) bond motifs is 1. The molecule has 1 aliphatic heterocycles. The van der Waals surface area contributed by atoms with E-state index in [4.69, 9.17) is 5.73 Å². The average molecular weight is 273 g/mol. The van der Waals surface area contributed by atoms with E-state index in [1.54, 1.807) is 0 Å². The minimum atomic E-state index is 0.707. The molecule has 0 spiro atoms. The summed E-state index contributed by atoms with van der Waals surface area (Å²) in [6.07, 6.45) is 4.53. The molecule has 3 rings (SSSR count). The number of hydrogen-bond donors (Lipinski definition) is 1. The van der Waals surface area contributed by atoms with Crippen molar-refractivity contribution in [2.75, 3.05) is 19.6 Å². The van der Waals surface area contributed by atoms with Gasteiger partial charge >= 0.3 is 0 Å². The molecule has 108 valence electrons. The van der Waals surface area contributed by atoms with Crippen LogP contribution >= 0.6 is 0 Å². The summed E-state index contributed by atoms with van der Waals surface area (Å²) in [5.74, 6) is 1.52. The van der Waals surface area contributed by atoms with Gasteiger partial charge in [-0.25, -0.2) is 9.97 Å². The third kappa shape index (κ3) is 2.69. The normalized spacial score (nSPS) is 17.9. The van der Waals surface area contributed by atoms with E-state index in [0.717, 1.165) is 43.3 Å². The Balaban J connectivity index is 1.74. The summed E-state index contributed by atoms with van der Waals surface area (Å²) in [6, 6.07) is 2.09.